The van der Waals surface area contributed by atoms with Crippen LogP contribution in [0.5, 0.6) is 0 Å². The molecule has 0 saturated heterocycles. The van der Waals surface area contributed by atoms with Gasteiger partial charge in [-0.25, -0.2) is 0 Å². The molecule has 0 spiro atoms. The highest BCUT2D eigenvalue weighted by Crippen LogP contribution is 2.39. The third-order valence-corrected chi connectivity index (χ3v) is 10.3. The Morgan fingerprint density at radius 1 is 0.288 bits per heavy atom. The van der Waals surface area contributed by atoms with Crippen molar-refractivity contribution in [3.63, 3.8) is 0 Å². The third-order valence-electron chi connectivity index (χ3n) is 10.3. The highest BCUT2D eigenvalue weighted by atomic mass is 16.3. The maximum atomic E-state index is 6.50. The average Bonchev–Trinajstić information content (AvgIpc) is 3.60. The zero-order chi connectivity index (χ0) is 34.4. The van der Waals surface area contributed by atoms with Gasteiger partial charge < -0.3 is 9.32 Å². The van der Waals surface area contributed by atoms with Crippen molar-refractivity contribution in [2.45, 2.75) is 0 Å². The van der Waals surface area contributed by atoms with Crippen molar-refractivity contribution in [3.05, 3.63) is 200 Å². The van der Waals surface area contributed by atoms with Gasteiger partial charge in [0.25, 0.3) is 0 Å². The van der Waals surface area contributed by atoms with Crippen LogP contribution in [0.2, 0.25) is 0 Å². The standard InChI is InChI=1S/C50H33NO/c1-2-8-34(9-3-1)36-16-24-43(25-17-36)51(44-26-18-37(19-27-44)41-15-14-35-10-4-5-12-40(35)32-41)45-28-20-38(21-29-45)42-23-30-47-48-31-22-39-11-6-7-13-46(39)50(48)52-49(47)33-42/h1-33H. The van der Waals surface area contributed by atoms with Gasteiger partial charge in [-0.05, 0) is 110 Å². The van der Waals surface area contributed by atoms with E-state index < -0.39 is 0 Å². The summed E-state index contributed by atoms with van der Waals surface area (Å²) < 4.78 is 6.50. The summed E-state index contributed by atoms with van der Waals surface area (Å²) in [4.78, 5) is 2.33. The summed E-state index contributed by atoms with van der Waals surface area (Å²) in [7, 11) is 0. The van der Waals surface area contributed by atoms with Crippen molar-refractivity contribution in [2.24, 2.45) is 0 Å². The molecule has 0 atom stereocenters. The number of hydrogen-bond acceptors (Lipinski definition) is 2. The summed E-state index contributed by atoms with van der Waals surface area (Å²) in [6, 6.07) is 71.7. The Balaban J connectivity index is 1.02. The van der Waals surface area contributed by atoms with Crippen molar-refractivity contribution in [1.29, 1.82) is 0 Å². The molecule has 1 aromatic heterocycles. The first-order valence-corrected chi connectivity index (χ1v) is 17.7. The molecule has 0 aliphatic heterocycles. The zero-order valence-electron chi connectivity index (χ0n) is 28.4. The first kappa shape index (κ1) is 30.0. The third kappa shape index (κ3) is 5.30. The number of rotatable bonds is 6. The van der Waals surface area contributed by atoms with Gasteiger partial charge in [0, 0.05) is 33.2 Å². The lowest BCUT2D eigenvalue weighted by molar-refractivity contribution is 0.673. The minimum atomic E-state index is 0.902. The Hall–Kier alpha value is -6.90. The highest BCUT2D eigenvalue weighted by molar-refractivity contribution is 6.15. The fourth-order valence-electron chi connectivity index (χ4n) is 7.54. The Morgan fingerprint density at radius 2 is 0.750 bits per heavy atom. The molecule has 0 bridgehead atoms. The second-order valence-corrected chi connectivity index (χ2v) is 13.4. The normalized spacial score (nSPS) is 11.5. The van der Waals surface area contributed by atoms with Gasteiger partial charge >= 0.3 is 0 Å². The Morgan fingerprint density at radius 3 is 1.42 bits per heavy atom. The van der Waals surface area contributed by atoms with Gasteiger partial charge in [-0.15, -0.1) is 0 Å². The Kier molecular flexibility index (Phi) is 7.18. The second kappa shape index (κ2) is 12.5. The lowest BCUT2D eigenvalue weighted by Crippen LogP contribution is -2.09. The fraction of sp³-hybridized carbons (Fsp3) is 0. The molecule has 0 aliphatic carbocycles. The maximum absolute atomic E-state index is 6.50. The van der Waals surface area contributed by atoms with Crippen molar-refractivity contribution >= 4 is 60.5 Å². The van der Waals surface area contributed by atoms with Gasteiger partial charge in [-0.1, -0.05) is 140 Å². The predicted molar refractivity (Wildman–Crippen MR) is 220 cm³/mol. The molecule has 0 radical (unpaired) electrons. The summed E-state index contributed by atoms with van der Waals surface area (Å²) in [6.07, 6.45) is 0. The number of benzene rings is 9. The van der Waals surface area contributed by atoms with Crippen LogP contribution in [-0.4, -0.2) is 0 Å². The van der Waals surface area contributed by atoms with Crippen LogP contribution >= 0.6 is 0 Å². The number of anilines is 3. The van der Waals surface area contributed by atoms with Crippen LogP contribution in [0.3, 0.4) is 0 Å². The summed E-state index contributed by atoms with van der Waals surface area (Å²) >= 11 is 0. The summed E-state index contributed by atoms with van der Waals surface area (Å²) in [6.45, 7) is 0. The minimum absolute atomic E-state index is 0.902. The molecule has 10 rings (SSSR count). The summed E-state index contributed by atoms with van der Waals surface area (Å²) in [5, 5.41) is 7.12. The molecule has 244 valence electrons. The lowest BCUT2D eigenvalue weighted by atomic mass is 10.0. The van der Waals surface area contributed by atoms with E-state index in [4.69, 9.17) is 4.42 Å². The molecule has 0 N–H and O–H groups in total. The average molecular weight is 664 g/mol. The van der Waals surface area contributed by atoms with Crippen molar-refractivity contribution in [3.8, 4) is 33.4 Å². The smallest absolute Gasteiger partial charge is 0.143 e. The molecule has 52 heavy (non-hydrogen) atoms. The van der Waals surface area contributed by atoms with Gasteiger partial charge in [-0.3, -0.25) is 0 Å². The number of nitrogens with zero attached hydrogens (tertiary/aromatic N) is 1. The molecule has 9 aromatic carbocycles. The van der Waals surface area contributed by atoms with E-state index in [1.807, 2.05) is 0 Å². The Labute approximate surface area is 302 Å². The molecule has 10 aromatic rings. The Bertz CT molecular complexity index is 2870. The van der Waals surface area contributed by atoms with Gasteiger partial charge in [0.15, 0.2) is 0 Å². The summed E-state index contributed by atoms with van der Waals surface area (Å²) in [5.41, 5.74) is 12.2. The van der Waals surface area contributed by atoms with E-state index in [2.05, 4.69) is 205 Å². The van der Waals surface area contributed by atoms with Crippen molar-refractivity contribution in [2.75, 3.05) is 4.90 Å². The van der Waals surface area contributed by atoms with Crippen LogP contribution in [-0.2, 0) is 0 Å². The fourth-order valence-corrected chi connectivity index (χ4v) is 7.54. The molecular formula is C50H33NO. The molecule has 0 saturated carbocycles. The SMILES string of the molecule is c1ccc(-c2ccc(N(c3ccc(-c4ccc5ccccc5c4)cc3)c3ccc(-c4ccc5c(c4)oc4c6ccccc6ccc54)cc3)cc2)cc1. The number of furan rings is 1. The van der Waals surface area contributed by atoms with Crippen LogP contribution in [0.25, 0.3) is 76.9 Å². The maximum Gasteiger partial charge on any atom is 0.143 e. The van der Waals surface area contributed by atoms with Gasteiger partial charge in [0.05, 0.1) is 0 Å². The largest absolute Gasteiger partial charge is 0.455 e. The summed E-state index contributed by atoms with van der Waals surface area (Å²) in [5.74, 6) is 0. The second-order valence-electron chi connectivity index (χ2n) is 13.4. The van der Waals surface area contributed by atoms with Crippen molar-refractivity contribution in [1.82, 2.24) is 0 Å². The van der Waals surface area contributed by atoms with Crippen LogP contribution in [0.15, 0.2) is 205 Å². The minimum Gasteiger partial charge on any atom is -0.455 e. The molecule has 2 nitrogen and oxygen atoms in total. The zero-order valence-corrected chi connectivity index (χ0v) is 28.4. The van der Waals surface area contributed by atoms with Crippen LogP contribution in [0.4, 0.5) is 17.1 Å². The van der Waals surface area contributed by atoms with E-state index in [0.717, 1.165) is 55.5 Å². The first-order valence-electron chi connectivity index (χ1n) is 17.7. The molecule has 0 fully saturated rings. The number of hydrogen-bond donors (Lipinski definition) is 0. The predicted octanol–water partition coefficient (Wildman–Crippen LogP) is 14.4. The van der Waals surface area contributed by atoms with E-state index >= 15 is 0 Å². The molecule has 2 heteroatoms. The van der Waals surface area contributed by atoms with Gasteiger partial charge in [0.2, 0.25) is 0 Å². The van der Waals surface area contributed by atoms with E-state index in [9.17, 15) is 0 Å². The van der Waals surface area contributed by atoms with E-state index in [1.54, 1.807) is 0 Å². The molecule has 1 heterocycles. The first-order chi connectivity index (χ1) is 25.7. The van der Waals surface area contributed by atoms with Crippen molar-refractivity contribution < 1.29 is 4.42 Å². The molecular weight excluding hydrogens is 631 g/mol. The lowest BCUT2D eigenvalue weighted by Gasteiger charge is -2.26. The number of fused-ring (bicyclic) bond motifs is 6. The van der Waals surface area contributed by atoms with Crippen LogP contribution in [0.1, 0.15) is 0 Å². The van der Waals surface area contributed by atoms with Crippen LogP contribution < -0.4 is 4.90 Å². The molecule has 0 unspecified atom stereocenters. The molecule has 0 aliphatic rings. The highest BCUT2D eigenvalue weighted by Gasteiger charge is 2.15. The van der Waals surface area contributed by atoms with Gasteiger partial charge in [0.1, 0.15) is 11.2 Å². The topological polar surface area (TPSA) is 16.4 Å². The van der Waals surface area contributed by atoms with E-state index in [-0.39, 0.29) is 0 Å². The quantitative estimate of drug-likeness (QED) is 0.176. The van der Waals surface area contributed by atoms with E-state index in [0.29, 0.717) is 0 Å². The van der Waals surface area contributed by atoms with E-state index in [1.165, 1.54) is 38.4 Å². The van der Waals surface area contributed by atoms with Gasteiger partial charge in [-0.2, -0.15) is 0 Å². The monoisotopic (exact) mass is 663 g/mol. The van der Waals surface area contributed by atoms with Crippen LogP contribution in [0, 0.1) is 0 Å². The molecule has 0 amide bonds.